The molecule has 0 saturated heterocycles. The van der Waals surface area contributed by atoms with E-state index < -0.39 is 8.32 Å². The number of hydrogen-bond acceptors (Lipinski definition) is 2. The summed E-state index contributed by atoms with van der Waals surface area (Å²) in [7, 11) is -1.75. The molecule has 0 amide bonds. The molecule has 2 nitrogen and oxygen atoms in total. The van der Waals surface area contributed by atoms with Gasteiger partial charge in [0.2, 0.25) is 8.32 Å². The van der Waals surface area contributed by atoms with Crippen molar-refractivity contribution in [1.82, 2.24) is 0 Å². The molecule has 0 aromatic rings. The predicted molar refractivity (Wildman–Crippen MR) is 53.5 cm³/mol. The summed E-state index contributed by atoms with van der Waals surface area (Å²) in [6.07, 6.45) is 0. The Bertz CT molecular complexity index is 168. The summed E-state index contributed by atoms with van der Waals surface area (Å²) in [5, 5.41) is 0. The first-order chi connectivity index (χ1) is 5.12. The zero-order valence-electron chi connectivity index (χ0n) is 9.02. The largest absolute Gasteiger partial charge is 0.520 e. The fraction of sp³-hybridized carbons (Fsp3) is 0.889. The van der Waals surface area contributed by atoms with Gasteiger partial charge in [-0.3, -0.25) is 4.79 Å². The van der Waals surface area contributed by atoms with Gasteiger partial charge in [0.05, 0.1) is 0 Å². The molecule has 0 atom stereocenters. The molecule has 0 aliphatic rings. The Kier molecular flexibility index (Phi) is 3.51. The molecule has 0 rings (SSSR count). The van der Waals surface area contributed by atoms with Crippen LogP contribution in [-0.2, 0) is 9.22 Å². The van der Waals surface area contributed by atoms with Gasteiger partial charge in [0, 0.05) is 6.92 Å². The summed E-state index contributed by atoms with van der Waals surface area (Å²) < 4.78 is 5.31. The summed E-state index contributed by atoms with van der Waals surface area (Å²) in [6.45, 7) is 12.2. The second-order valence-corrected chi connectivity index (χ2v) is 9.17. The maximum atomic E-state index is 10.8. The number of hydrogen-bond donors (Lipinski definition) is 0. The first-order valence-electron chi connectivity index (χ1n) is 4.32. The number of rotatable bonds is 2. The molecule has 0 fully saturated rings. The van der Waals surface area contributed by atoms with Gasteiger partial charge in [0.1, 0.15) is 0 Å². The van der Waals surface area contributed by atoms with Crippen LogP contribution in [0.3, 0.4) is 0 Å². The van der Waals surface area contributed by atoms with Crippen molar-refractivity contribution in [2.24, 2.45) is 5.41 Å². The molecule has 0 aliphatic carbocycles. The maximum absolute atomic E-state index is 10.8. The van der Waals surface area contributed by atoms with Gasteiger partial charge >= 0.3 is 0 Å². The lowest BCUT2D eigenvalue weighted by Gasteiger charge is -2.29. The highest BCUT2D eigenvalue weighted by Gasteiger charge is 2.31. The van der Waals surface area contributed by atoms with Crippen LogP contribution in [0, 0.1) is 5.41 Å². The molecule has 0 unspecified atom stereocenters. The maximum Gasteiger partial charge on any atom is 0.289 e. The molecule has 0 bridgehead atoms. The van der Waals surface area contributed by atoms with E-state index in [9.17, 15) is 4.79 Å². The summed E-state index contributed by atoms with van der Waals surface area (Å²) in [4.78, 5) is 10.8. The van der Waals surface area contributed by atoms with E-state index in [1.54, 1.807) is 0 Å². The Morgan fingerprint density at radius 2 is 1.75 bits per heavy atom. The highest BCUT2D eigenvalue weighted by atomic mass is 28.4. The highest BCUT2D eigenvalue weighted by Crippen LogP contribution is 2.28. The van der Waals surface area contributed by atoms with Crippen molar-refractivity contribution in [3.05, 3.63) is 0 Å². The summed E-state index contributed by atoms with van der Waals surface area (Å²) in [6, 6.07) is 1.01. The molecule has 0 aromatic carbocycles. The van der Waals surface area contributed by atoms with Crippen LogP contribution in [0.15, 0.2) is 0 Å². The SMILES string of the molecule is CC(=O)O[Si](C)(C)CC(C)(C)C. The monoisotopic (exact) mass is 188 g/mol. The van der Waals surface area contributed by atoms with E-state index in [4.69, 9.17) is 4.43 Å². The zero-order chi connectivity index (χ0) is 9.99. The van der Waals surface area contributed by atoms with E-state index in [1.807, 2.05) is 0 Å². The molecule has 3 heteroatoms. The fourth-order valence-corrected chi connectivity index (χ4v) is 5.11. The van der Waals surface area contributed by atoms with Crippen LogP contribution < -0.4 is 0 Å². The smallest absolute Gasteiger partial charge is 0.289 e. The lowest BCUT2D eigenvalue weighted by molar-refractivity contribution is -0.132. The highest BCUT2D eigenvalue weighted by molar-refractivity contribution is 6.72. The average Bonchev–Trinajstić information content (AvgIpc) is 1.48. The van der Waals surface area contributed by atoms with Crippen molar-refractivity contribution in [1.29, 1.82) is 0 Å². The van der Waals surface area contributed by atoms with Gasteiger partial charge in [-0.25, -0.2) is 0 Å². The van der Waals surface area contributed by atoms with Crippen LogP contribution in [0.4, 0.5) is 0 Å². The topological polar surface area (TPSA) is 26.3 Å². The minimum atomic E-state index is -1.75. The van der Waals surface area contributed by atoms with Crippen LogP contribution in [-0.4, -0.2) is 14.3 Å². The van der Waals surface area contributed by atoms with Gasteiger partial charge in [-0.15, -0.1) is 0 Å². The van der Waals surface area contributed by atoms with Crippen LogP contribution in [0.2, 0.25) is 19.1 Å². The van der Waals surface area contributed by atoms with Crippen molar-refractivity contribution in [3.63, 3.8) is 0 Å². The Morgan fingerprint density at radius 3 is 2.00 bits per heavy atom. The summed E-state index contributed by atoms with van der Waals surface area (Å²) in [5.41, 5.74) is 0.255. The van der Waals surface area contributed by atoms with Crippen molar-refractivity contribution in [2.75, 3.05) is 0 Å². The molecular weight excluding hydrogens is 168 g/mol. The lowest BCUT2D eigenvalue weighted by Crippen LogP contribution is -2.36. The van der Waals surface area contributed by atoms with Crippen LogP contribution in [0.1, 0.15) is 27.7 Å². The second kappa shape index (κ2) is 3.60. The molecule has 0 spiro atoms. The first-order valence-corrected chi connectivity index (χ1v) is 7.43. The van der Waals surface area contributed by atoms with Gasteiger partial charge in [0.15, 0.2) is 0 Å². The standard InChI is InChI=1S/C9H20O2Si/c1-8(10)11-12(5,6)7-9(2,3)4/h7H2,1-6H3. The average molecular weight is 188 g/mol. The van der Waals surface area contributed by atoms with Crippen LogP contribution in [0.25, 0.3) is 0 Å². The lowest BCUT2D eigenvalue weighted by atomic mass is 10.0. The molecule has 0 aliphatic heterocycles. The zero-order valence-corrected chi connectivity index (χ0v) is 10.0. The van der Waals surface area contributed by atoms with Gasteiger partial charge < -0.3 is 4.43 Å². The molecule has 12 heavy (non-hydrogen) atoms. The Hall–Kier alpha value is -0.313. The predicted octanol–water partition coefficient (Wildman–Crippen LogP) is 2.80. The summed E-state index contributed by atoms with van der Waals surface area (Å²) >= 11 is 0. The molecule has 0 N–H and O–H groups in total. The van der Waals surface area contributed by atoms with E-state index in [1.165, 1.54) is 6.92 Å². The Morgan fingerprint density at radius 1 is 1.33 bits per heavy atom. The van der Waals surface area contributed by atoms with Crippen molar-refractivity contribution >= 4 is 14.3 Å². The van der Waals surface area contributed by atoms with Crippen LogP contribution >= 0.6 is 0 Å². The minimum absolute atomic E-state index is 0.143. The van der Waals surface area contributed by atoms with E-state index in [-0.39, 0.29) is 11.4 Å². The van der Waals surface area contributed by atoms with Gasteiger partial charge in [-0.2, -0.15) is 0 Å². The van der Waals surface area contributed by atoms with Crippen molar-refractivity contribution in [2.45, 2.75) is 46.8 Å². The van der Waals surface area contributed by atoms with Crippen molar-refractivity contribution < 1.29 is 9.22 Å². The fourth-order valence-electron chi connectivity index (χ4n) is 1.70. The third kappa shape index (κ3) is 6.40. The first kappa shape index (κ1) is 11.7. The number of carbonyl (C=O) groups is 1. The quantitative estimate of drug-likeness (QED) is 0.623. The van der Waals surface area contributed by atoms with E-state index in [0.717, 1.165) is 6.04 Å². The second-order valence-electron chi connectivity index (χ2n) is 5.09. The van der Waals surface area contributed by atoms with E-state index in [0.29, 0.717) is 0 Å². The molecule has 0 radical (unpaired) electrons. The van der Waals surface area contributed by atoms with Gasteiger partial charge in [-0.1, -0.05) is 20.8 Å². The molecule has 0 aromatic heterocycles. The third-order valence-electron chi connectivity index (χ3n) is 1.38. The molecule has 0 saturated carbocycles. The summed E-state index contributed by atoms with van der Waals surface area (Å²) in [5.74, 6) is -0.143. The van der Waals surface area contributed by atoms with Gasteiger partial charge in [0.25, 0.3) is 5.97 Å². The van der Waals surface area contributed by atoms with Crippen LogP contribution in [0.5, 0.6) is 0 Å². The van der Waals surface area contributed by atoms with Gasteiger partial charge in [-0.05, 0) is 24.6 Å². The Balaban J connectivity index is 4.13. The number of carbonyl (C=O) groups excluding carboxylic acids is 1. The molecule has 0 heterocycles. The van der Waals surface area contributed by atoms with Crippen molar-refractivity contribution in [3.8, 4) is 0 Å². The van der Waals surface area contributed by atoms with E-state index >= 15 is 0 Å². The Labute approximate surface area is 76.4 Å². The third-order valence-corrected chi connectivity index (χ3v) is 4.13. The normalized spacial score (nSPS) is 12.8. The molecular formula is C9H20O2Si. The molecule has 72 valence electrons. The minimum Gasteiger partial charge on any atom is -0.520 e. The van der Waals surface area contributed by atoms with E-state index in [2.05, 4.69) is 33.9 Å².